The number of amidine groups is 1. The van der Waals surface area contributed by atoms with Gasteiger partial charge in [-0.2, -0.15) is 0 Å². The van der Waals surface area contributed by atoms with Gasteiger partial charge in [0, 0.05) is 7.05 Å². The number of carbonyl (C=O) groups excluding carboxylic acids is 1. The summed E-state index contributed by atoms with van der Waals surface area (Å²) in [5.74, 6) is -0.437. The first-order chi connectivity index (χ1) is 7.90. The van der Waals surface area contributed by atoms with Crippen molar-refractivity contribution in [1.29, 1.82) is 0 Å². The van der Waals surface area contributed by atoms with E-state index < -0.39 is 19.1 Å². The highest BCUT2D eigenvalue weighted by Gasteiger charge is 2.18. The molecule has 1 atom stereocenters. The van der Waals surface area contributed by atoms with Crippen molar-refractivity contribution in [3.05, 3.63) is 0 Å². The van der Waals surface area contributed by atoms with Crippen LogP contribution in [0.2, 0.25) is 0 Å². The molecule has 0 radical (unpaired) electrons. The van der Waals surface area contributed by atoms with Gasteiger partial charge in [0.05, 0.1) is 19.1 Å². The second-order valence-corrected chi connectivity index (χ2v) is 3.42. The molecule has 17 heavy (non-hydrogen) atoms. The monoisotopic (exact) mass is 253 g/mol. The Morgan fingerprint density at radius 3 is 2.65 bits per heavy atom. The molecule has 0 aromatic rings. The Morgan fingerprint density at radius 1 is 1.59 bits per heavy atom. The number of oxime groups is 1. The van der Waals surface area contributed by atoms with E-state index in [4.69, 9.17) is 10.9 Å². The summed E-state index contributed by atoms with van der Waals surface area (Å²) in [6, 6.07) is -0.567. The Morgan fingerprint density at radius 2 is 2.18 bits per heavy atom. The van der Waals surface area contributed by atoms with Gasteiger partial charge in [0.1, 0.15) is 6.61 Å². The number of rotatable bonds is 7. The summed E-state index contributed by atoms with van der Waals surface area (Å²) in [6.45, 7) is 0.802. The predicted molar refractivity (Wildman–Crippen MR) is 57.1 cm³/mol. The molecule has 0 aliphatic heterocycles. The fourth-order valence-corrected chi connectivity index (χ4v) is 1.01. The van der Waals surface area contributed by atoms with E-state index in [0.717, 1.165) is 0 Å². The lowest BCUT2D eigenvalue weighted by Gasteiger charge is -2.23. The Kier molecular flexibility index (Phi) is 7.11. The second kappa shape index (κ2) is 7.77. The van der Waals surface area contributed by atoms with Crippen LogP contribution in [-0.2, 0) is 9.53 Å². The Labute approximate surface area is 98.0 Å². The molecular formula is C9H17F2N3O3. The molecule has 0 aromatic carbocycles. The van der Waals surface area contributed by atoms with Crippen molar-refractivity contribution >= 4 is 11.7 Å². The van der Waals surface area contributed by atoms with Crippen LogP contribution in [0, 0.1) is 0 Å². The maximum absolute atomic E-state index is 11.7. The van der Waals surface area contributed by atoms with Crippen molar-refractivity contribution in [2.45, 2.75) is 25.8 Å². The smallest absolute Gasteiger partial charge is 0.261 e. The van der Waals surface area contributed by atoms with E-state index in [1.54, 1.807) is 6.92 Å². The van der Waals surface area contributed by atoms with Gasteiger partial charge in [-0.05, 0) is 6.92 Å². The summed E-state index contributed by atoms with van der Waals surface area (Å²) in [4.78, 5) is 12.8. The van der Waals surface area contributed by atoms with Crippen LogP contribution in [0.1, 0.15) is 13.3 Å². The number of nitrogens with two attached hydrogens (primary N) is 1. The molecular weight excluding hydrogens is 236 g/mol. The van der Waals surface area contributed by atoms with Gasteiger partial charge in [0.15, 0.2) is 5.84 Å². The zero-order valence-corrected chi connectivity index (χ0v) is 9.77. The fraction of sp³-hybridized carbons (Fsp3) is 0.778. The molecule has 8 heteroatoms. The highest BCUT2D eigenvalue weighted by atomic mass is 19.3. The summed E-state index contributed by atoms with van der Waals surface area (Å²) in [7, 11) is 1.47. The largest absolute Gasteiger partial charge is 0.409 e. The third kappa shape index (κ3) is 6.00. The highest BCUT2D eigenvalue weighted by Crippen LogP contribution is 2.00. The lowest BCUT2D eigenvalue weighted by molar-refractivity contribution is -0.132. The van der Waals surface area contributed by atoms with E-state index in [9.17, 15) is 13.6 Å². The molecule has 1 unspecified atom stereocenters. The first-order valence-corrected chi connectivity index (χ1v) is 4.99. The first kappa shape index (κ1) is 15.6. The molecule has 0 saturated heterocycles. The van der Waals surface area contributed by atoms with Gasteiger partial charge in [-0.1, -0.05) is 5.16 Å². The lowest BCUT2D eigenvalue weighted by Crippen LogP contribution is -2.44. The minimum Gasteiger partial charge on any atom is -0.409 e. The van der Waals surface area contributed by atoms with Crippen LogP contribution < -0.4 is 5.73 Å². The zero-order chi connectivity index (χ0) is 13.4. The Hall–Kier alpha value is -1.44. The van der Waals surface area contributed by atoms with Crippen LogP contribution in [-0.4, -0.2) is 54.6 Å². The Balaban J connectivity index is 3.98. The van der Waals surface area contributed by atoms with Crippen molar-refractivity contribution in [2.75, 3.05) is 20.3 Å². The van der Waals surface area contributed by atoms with Crippen molar-refractivity contribution in [1.82, 2.24) is 4.90 Å². The van der Waals surface area contributed by atoms with E-state index >= 15 is 0 Å². The van der Waals surface area contributed by atoms with Crippen molar-refractivity contribution in [2.24, 2.45) is 10.9 Å². The molecule has 0 fully saturated rings. The zero-order valence-electron chi connectivity index (χ0n) is 9.77. The maximum atomic E-state index is 11.7. The quantitative estimate of drug-likeness (QED) is 0.224. The molecule has 100 valence electrons. The summed E-state index contributed by atoms with van der Waals surface area (Å²) in [5, 5.41) is 11.2. The van der Waals surface area contributed by atoms with Crippen LogP contribution in [0.15, 0.2) is 5.16 Å². The molecule has 6 nitrogen and oxygen atoms in total. The molecule has 0 rings (SSSR count). The first-order valence-electron chi connectivity index (χ1n) is 4.99. The van der Waals surface area contributed by atoms with Gasteiger partial charge < -0.3 is 20.6 Å². The number of likely N-dealkylation sites (N-methyl/N-ethyl adjacent to an activating group) is 1. The van der Waals surface area contributed by atoms with E-state index in [1.807, 2.05) is 0 Å². The Bertz CT molecular complexity index is 274. The molecule has 0 spiro atoms. The number of hydrogen-bond donors (Lipinski definition) is 2. The summed E-state index contributed by atoms with van der Waals surface area (Å²) < 4.78 is 28.0. The summed E-state index contributed by atoms with van der Waals surface area (Å²) >= 11 is 0. The minimum absolute atomic E-state index is 0.0354. The number of halogens is 2. The van der Waals surface area contributed by atoms with E-state index in [0.29, 0.717) is 0 Å². The number of ether oxygens (including phenoxy) is 1. The van der Waals surface area contributed by atoms with Crippen LogP contribution in [0.5, 0.6) is 0 Å². The average molecular weight is 253 g/mol. The van der Waals surface area contributed by atoms with Gasteiger partial charge in [0.25, 0.3) is 6.43 Å². The molecule has 3 N–H and O–H groups in total. The normalized spacial score (nSPS) is 13.8. The fourth-order valence-electron chi connectivity index (χ4n) is 1.01. The molecule has 0 aliphatic rings. The average Bonchev–Trinajstić information content (AvgIpc) is 2.31. The minimum atomic E-state index is -2.54. The van der Waals surface area contributed by atoms with Crippen LogP contribution in [0.25, 0.3) is 0 Å². The molecule has 1 amide bonds. The number of amides is 1. The molecule has 0 aromatic heterocycles. The van der Waals surface area contributed by atoms with E-state index in [1.165, 1.54) is 11.9 Å². The van der Waals surface area contributed by atoms with E-state index in [2.05, 4.69) is 9.89 Å². The highest BCUT2D eigenvalue weighted by molar-refractivity contribution is 5.89. The van der Waals surface area contributed by atoms with Crippen molar-refractivity contribution < 1.29 is 23.5 Å². The maximum Gasteiger partial charge on any atom is 0.261 e. The number of alkyl halides is 2. The standard InChI is InChI=1S/C9H17F2N3O3/c1-6(9(12)13-16)14(2)8(15)3-4-17-5-7(10)11/h6-7,16H,3-5H2,1-2H3,(H2,12,13). The van der Waals surface area contributed by atoms with Crippen LogP contribution in [0.3, 0.4) is 0 Å². The summed E-state index contributed by atoms with van der Waals surface area (Å²) in [6.07, 6.45) is -2.58. The van der Waals surface area contributed by atoms with Gasteiger partial charge in [-0.3, -0.25) is 4.79 Å². The number of carbonyl (C=O) groups is 1. The molecule has 0 heterocycles. The summed E-state index contributed by atoms with van der Waals surface area (Å²) in [5.41, 5.74) is 5.33. The van der Waals surface area contributed by atoms with Crippen molar-refractivity contribution in [3.63, 3.8) is 0 Å². The van der Waals surface area contributed by atoms with Gasteiger partial charge >= 0.3 is 0 Å². The van der Waals surface area contributed by atoms with Gasteiger partial charge in [0.2, 0.25) is 5.91 Å². The third-order valence-corrected chi connectivity index (χ3v) is 2.22. The second-order valence-electron chi connectivity index (χ2n) is 3.42. The van der Waals surface area contributed by atoms with Gasteiger partial charge in [-0.15, -0.1) is 0 Å². The molecule has 0 saturated carbocycles. The van der Waals surface area contributed by atoms with E-state index in [-0.39, 0.29) is 24.8 Å². The predicted octanol–water partition coefficient (Wildman–Crippen LogP) is 0.251. The topological polar surface area (TPSA) is 88.2 Å². The number of nitrogens with zero attached hydrogens (tertiary/aromatic N) is 2. The van der Waals surface area contributed by atoms with Crippen molar-refractivity contribution in [3.8, 4) is 0 Å². The van der Waals surface area contributed by atoms with Crippen LogP contribution >= 0.6 is 0 Å². The SMILES string of the molecule is CC(C(N)=NO)N(C)C(=O)CCOCC(F)F. The van der Waals surface area contributed by atoms with Gasteiger partial charge in [-0.25, -0.2) is 8.78 Å². The third-order valence-electron chi connectivity index (χ3n) is 2.22. The lowest BCUT2D eigenvalue weighted by atomic mass is 10.2. The molecule has 0 aliphatic carbocycles. The molecule has 0 bridgehead atoms. The van der Waals surface area contributed by atoms with Crippen LogP contribution in [0.4, 0.5) is 8.78 Å². The number of hydrogen-bond acceptors (Lipinski definition) is 4.